The van der Waals surface area contributed by atoms with E-state index in [1.54, 1.807) is 30.5 Å². The Morgan fingerprint density at radius 2 is 2.18 bits per heavy atom. The maximum absolute atomic E-state index is 12.1. The summed E-state index contributed by atoms with van der Waals surface area (Å²) in [6.45, 7) is 1.99. The van der Waals surface area contributed by atoms with Gasteiger partial charge < -0.3 is 10.4 Å². The molecule has 2 rings (SSSR count). The minimum atomic E-state index is -0.274. The summed E-state index contributed by atoms with van der Waals surface area (Å²) >= 11 is 12.0. The van der Waals surface area contributed by atoms with Gasteiger partial charge in [-0.15, -0.1) is 0 Å². The fraction of sp³-hybridized carbons (Fsp3) is 0.333. The third-order valence-electron chi connectivity index (χ3n) is 3.28. The predicted molar refractivity (Wildman–Crippen MR) is 86.8 cm³/mol. The number of aromatic nitrogens is 2. The maximum atomic E-state index is 12.1. The highest BCUT2D eigenvalue weighted by Crippen LogP contribution is 2.23. The van der Waals surface area contributed by atoms with Crippen molar-refractivity contribution in [3.8, 4) is 5.69 Å². The van der Waals surface area contributed by atoms with Crippen molar-refractivity contribution in [3.63, 3.8) is 0 Å². The summed E-state index contributed by atoms with van der Waals surface area (Å²) in [7, 11) is 0. The van der Waals surface area contributed by atoms with Gasteiger partial charge in [-0.3, -0.25) is 4.79 Å². The molecule has 0 aliphatic heterocycles. The molecule has 22 heavy (non-hydrogen) atoms. The highest BCUT2D eigenvalue weighted by Gasteiger charge is 2.15. The highest BCUT2D eigenvalue weighted by molar-refractivity contribution is 6.35. The van der Waals surface area contributed by atoms with Gasteiger partial charge in [0.1, 0.15) is 0 Å². The molecular weight excluding hydrogens is 325 g/mol. The van der Waals surface area contributed by atoms with Gasteiger partial charge in [0.25, 0.3) is 5.91 Å². The molecule has 0 bridgehead atoms. The molecule has 0 fully saturated rings. The smallest absolute Gasteiger partial charge is 0.272 e. The summed E-state index contributed by atoms with van der Waals surface area (Å²) in [5, 5.41) is 17.0. The topological polar surface area (TPSA) is 67.2 Å². The van der Waals surface area contributed by atoms with E-state index in [1.165, 1.54) is 4.68 Å². The first-order valence-electron chi connectivity index (χ1n) is 6.98. The van der Waals surface area contributed by atoms with Gasteiger partial charge in [0.15, 0.2) is 5.69 Å². The number of halogens is 2. The molecule has 0 saturated carbocycles. The van der Waals surface area contributed by atoms with Gasteiger partial charge in [-0.2, -0.15) is 5.10 Å². The third-order valence-corrected chi connectivity index (χ3v) is 3.82. The zero-order valence-corrected chi connectivity index (χ0v) is 13.6. The maximum Gasteiger partial charge on any atom is 0.272 e. The first kappa shape index (κ1) is 16.8. The van der Waals surface area contributed by atoms with Gasteiger partial charge in [-0.1, -0.05) is 30.1 Å². The van der Waals surface area contributed by atoms with Crippen LogP contribution in [0.15, 0.2) is 30.5 Å². The Morgan fingerprint density at radius 1 is 1.41 bits per heavy atom. The lowest BCUT2D eigenvalue weighted by Crippen LogP contribution is -2.35. The van der Waals surface area contributed by atoms with E-state index in [-0.39, 0.29) is 18.6 Å². The number of aliphatic hydroxyl groups is 1. The molecule has 0 saturated heterocycles. The average Bonchev–Trinajstić information content (AvgIpc) is 2.96. The minimum Gasteiger partial charge on any atom is -0.396 e. The Kier molecular flexibility index (Phi) is 5.83. The molecule has 7 heteroatoms. The number of aliphatic hydroxyl groups excluding tert-OH is 1. The summed E-state index contributed by atoms with van der Waals surface area (Å²) in [6.07, 6.45) is 2.93. The Bertz CT molecular complexity index is 658. The van der Waals surface area contributed by atoms with Crippen molar-refractivity contribution in [1.82, 2.24) is 15.1 Å². The summed E-state index contributed by atoms with van der Waals surface area (Å²) in [4.78, 5) is 12.1. The largest absolute Gasteiger partial charge is 0.396 e. The number of rotatable bonds is 6. The van der Waals surface area contributed by atoms with Gasteiger partial charge in [0, 0.05) is 23.9 Å². The lowest BCUT2D eigenvalue weighted by Gasteiger charge is -2.14. The Labute approximate surface area is 138 Å². The lowest BCUT2D eigenvalue weighted by atomic mass is 10.1. The van der Waals surface area contributed by atoms with Gasteiger partial charge >= 0.3 is 0 Å². The van der Waals surface area contributed by atoms with Crippen LogP contribution in [0.4, 0.5) is 0 Å². The molecule has 0 radical (unpaired) electrons. The van der Waals surface area contributed by atoms with E-state index in [0.29, 0.717) is 27.8 Å². The number of carbonyl (C=O) groups excluding carboxylic acids is 1. The van der Waals surface area contributed by atoms with E-state index in [4.69, 9.17) is 28.3 Å². The highest BCUT2D eigenvalue weighted by atomic mass is 35.5. The average molecular weight is 342 g/mol. The van der Waals surface area contributed by atoms with E-state index in [9.17, 15) is 4.79 Å². The van der Waals surface area contributed by atoms with E-state index >= 15 is 0 Å². The normalized spacial score (nSPS) is 12.2. The second-order valence-electron chi connectivity index (χ2n) is 4.83. The van der Waals surface area contributed by atoms with Crippen LogP contribution in [0.1, 0.15) is 30.3 Å². The van der Waals surface area contributed by atoms with E-state index in [2.05, 4.69) is 10.4 Å². The number of carbonyl (C=O) groups is 1. The van der Waals surface area contributed by atoms with Crippen LogP contribution in [-0.4, -0.2) is 33.4 Å². The molecule has 118 valence electrons. The van der Waals surface area contributed by atoms with Gasteiger partial charge in [-0.05, 0) is 37.1 Å². The standard InChI is InChI=1S/C15H17Cl2N3O2/c1-2-11(6-8-21)18-15(22)13-5-7-20(19-13)14-4-3-10(16)9-12(14)17/h3-5,7,9,11,21H,2,6,8H2,1H3,(H,18,22). The van der Waals surface area contributed by atoms with Crippen molar-refractivity contribution in [3.05, 3.63) is 46.2 Å². The molecular formula is C15H17Cl2N3O2. The molecule has 1 atom stereocenters. The zero-order valence-electron chi connectivity index (χ0n) is 12.1. The van der Waals surface area contributed by atoms with Crippen LogP contribution < -0.4 is 5.32 Å². The van der Waals surface area contributed by atoms with Crippen LogP contribution in [0.3, 0.4) is 0 Å². The molecule has 1 heterocycles. The molecule has 0 aliphatic rings. The van der Waals surface area contributed by atoms with Gasteiger partial charge in [-0.25, -0.2) is 4.68 Å². The number of nitrogens with one attached hydrogen (secondary N) is 1. The van der Waals surface area contributed by atoms with Crippen LogP contribution in [0.25, 0.3) is 5.69 Å². The predicted octanol–water partition coefficient (Wildman–Crippen LogP) is 3.07. The monoisotopic (exact) mass is 341 g/mol. The van der Waals surface area contributed by atoms with Gasteiger partial charge in [0.2, 0.25) is 0 Å². The number of hydrogen-bond acceptors (Lipinski definition) is 3. The SMILES string of the molecule is CCC(CCO)NC(=O)c1ccn(-c2ccc(Cl)cc2Cl)n1. The molecule has 1 aromatic carbocycles. The van der Waals surface area contributed by atoms with Crippen LogP contribution in [0.2, 0.25) is 10.0 Å². The van der Waals surface area contributed by atoms with Crippen molar-refractivity contribution in [2.45, 2.75) is 25.8 Å². The lowest BCUT2D eigenvalue weighted by molar-refractivity contribution is 0.0923. The zero-order chi connectivity index (χ0) is 16.1. The minimum absolute atomic E-state index is 0.0353. The molecule has 1 aromatic heterocycles. The van der Waals surface area contributed by atoms with Crippen LogP contribution in [0.5, 0.6) is 0 Å². The van der Waals surface area contributed by atoms with Crippen molar-refractivity contribution >= 4 is 29.1 Å². The number of nitrogens with zero attached hydrogens (tertiary/aromatic N) is 2. The molecule has 1 unspecified atom stereocenters. The van der Waals surface area contributed by atoms with E-state index < -0.39 is 0 Å². The quantitative estimate of drug-likeness (QED) is 0.848. The number of amides is 1. The van der Waals surface area contributed by atoms with Gasteiger partial charge in [0.05, 0.1) is 10.7 Å². The summed E-state index contributed by atoms with van der Waals surface area (Å²) in [5.41, 5.74) is 0.940. The second kappa shape index (κ2) is 7.63. The second-order valence-corrected chi connectivity index (χ2v) is 5.68. The Morgan fingerprint density at radius 3 is 2.82 bits per heavy atom. The van der Waals surface area contributed by atoms with Crippen molar-refractivity contribution in [2.75, 3.05) is 6.61 Å². The molecule has 0 aliphatic carbocycles. The van der Waals surface area contributed by atoms with Crippen LogP contribution >= 0.6 is 23.2 Å². The fourth-order valence-corrected chi connectivity index (χ4v) is 2.53. The fourth-order valence-electron chi connectivity index (χ4n) is 2.04. The Balaban J connectivity index is 2.15. The van der Waals surface area contributed by atoms with Crippen LogP contribution in [-0.2, 0) is 0 Å². The van der Waals surface area contributed by atoms with Crippen molar-refractivity contribution < 1.29 is 9.90 Å². The molecule has 1 amide bonds. The molecule has 0 spiro atoms. The first-order valence-corrected chi connectivity index (χ1v) is 7.73. The Hall–Kier alpha value is -1.56. The van der Waals surface area contributed by atoms with Crippen LogP contribution in [0, 0.1) is 0 Å². The van der Waals surface area contributed by atoms with Crippen molar-refractivity contribution in [1.29, 1.82) is 0 Å². The number of hydrogen-bond donors (Lipinski definition) is 2. The number of benzene rings is 1. The molecule has 5 nitrogen and oxygen atoms in total. The first-order chi connectivity index (χ1) is 10.5. The third kappa shape index (κ3) is 4.00. The summed E-state index contributed by atoms with van der Waals surface area (Å²) < 4.78 is 1.53. The molecule has 2 N–H and O–H groups in total. The van der Waals surface area contributed by atoms with Crippen molar-refractivity contribution in [2.24, 2.45) is 0 Å². The summed E-state index contributed by atoms with van der Waals surface area (Å²) in [6, 6.07) is 6.61. The summed E-state index contributed by atoms with van der Waals surface area (Å²) in [5.74, 6) is -0.274. The van der Waals surface area contributed by atoms with E-state index in [0.717, 1.165) is 6.42 Å². The van der Waals surface area contributed by atoms with E-state index in [1.807, 2.05) is 6.92 Å². The molecule has 2 aromatic rings.